The summed E-state index contributed by atoms with van der Waals surface area (Å²) in [6.45, 7) is 77.2. The fraction of sp³-hybridized carbons (Fsp3) is 0.586. The fourth-order valence-electron chi connectivity index (χ4n) is 12.9. The van der Waals surface area contributed by atoms with Gasteiger partial charge in [0.1, 0.15) is 34.5 Å². The molecule has 3 radical (unpaired) electrons. The number of phosphoric acid groups is 3. The van der Waals surface area contributed by atoms with Crippen molar-refractivity contribution in [3.8, 4) is 34.5 Å². The summed E-state index contributed by atoms with van der Waals surface area (Å²) >= 11 is 0. The summed E-state index contributed by atoms with van der Waals surface area (Å²) in [4.78, 5) is 32.8. The third kappa shape index (κ3) is 22.2. The minimum absolute atomic E-state index is 0. The highest BCUT2D eigenvalue weighted by molar-refractivity contribution is 7.48. The second kappa shape index (κ2) is 30.1. The van der Waals surface area contributed by atoms with E-state index in [0.717, 1.165) is 66.8 Å². The Kier molecular flexibility index (Phi) is 26.5. The molecule has 0 atom stereocenters. The first kappa shape index (κ1) is 92.5. The van der Waals surface area contributed by atoms with Crippen molar-refractivity contribution >= 4 is 40.8 Å². The number of hydrogen-bond acceptors (Lipinski definition) is 9. The van der Waals surface area contributed by atoms with Crippen LogP contribution in [0.5, 0.6) is 34.5 Å². The molecule has 3 aliphatic rings. The van der Waals surface area contributed by atoms with E-state index in [1.807, 2.05) is 0 Å². The Morgan fingerprint density at radius 3 is 0.410 bits per heavy atom. The quantitative estimate of drug-likeness (QED) is 0.0952. The summed E-state index contributed by atoms with van der Waals surface area (Å²) < 4.78 is 75.3. The molecule has 0 aliphatic carbocycles. The minimum atomic E-state index is -4.43. The topological polar surface area (TPSA) is 230 Å². The SMILES string of the molecule is CC(C)(C)c1cc2c(c(C(C)(C)C)c1)OP(=O)(O)Oc1c(cc(C(C)(C)C)cc1C(C)(C)C)C2.CC(C)(C)c1cc2c(c(C(C)(C)C)c1)OP(=O)(O)Oc1c(cc(C(C)(C)C)cc1C(C)(C)C)C2.CC(C)(C)c1cc2c(c(C(C)(C)C)c1)OP(=O)(O)Oc1c(cc(C(C)(C)C)cc1C(C)(C)C)C2.O.O.[Al]. The average molecular weight is 1520 g/mol. The first-order valence-corrected chi connectivity index (χ1v) is 41.0. The molecule has 0 aromatic heterocycles. The molecular weight excluding hydrogens is 1390 g/mol. The molecule has 9 rings (SSSR count). The van der Waals surface area contributed by atoms with Crippen LogP contribution in [0.15, 0.2) is 72.8 Å². The molecule has 0 unspecified atom stereocenters. The summed E-state index contributed by atoms with van der Waals surface area (Å²) in [6.07, 6.45) is 1.68. The summed E-state index contributed by atoms with van der Waals surface area (Å²) in [7, 11) is -13.3. The number of phosphoric ester groups is 3. The molecule has 0 fully saturated rings. The van der Waals surface area contributed by atoms with E-state index in [1.165, 1.54) is 33.4 Å². The highest BCUT2D eigenvalue weighted by Crippen LogP contribution is 2.59. The molecule has 0 saturated carbocycles. The molecule has 6 aromatic carbocycles. The molecule has 3 aliphatic heterocycles. The Labute approximate surface area is 644 Å². The van der Waals surface area contributed by atoms with Crippen LogP contribution in [0.2, 0.25) is 0 Å². The van der Waals surface area contributed by atoms with Gasteiger partial charge in [0.15, 0.2) is 0 Å². The molecular formula is C87H133AlO14P3. The Hall–Kier alpha value is -4.86. The van der Waals surface area contributed by atoms with Gasteiger partial charge in [-0.05, 0) is 132 Å². The van der Waals surface area contributed by atoms with Gasteiger partial charge in [-0.2, -0.15) is 0 Å². The average Bonchev–Trinajstić information content (AvgIpc) is 0.751. The van der Waals surface area contributed by atoms with Gasteiger partial charge in [0.2, 0.25) is 0 Å². The third-order valence-corrected chi connectivity index (χ3v) is 21.9. The van der Waals surface area contributed by atoms with Gasteiger partial charge in [0, 0.05) is 70.0 Å². The van der Waals surface area contributed by atoms with Crippen LogP contribution in [0.4, 0.5) is 0 Å². The van der Waals surface area contributed by atoms with E-state index in [0.29, 0.717) is 53.8 Å². The summed E-state index contributed by atoms with van der Waals surface area (Å²) in [5.41, 5.74) is 15.9. The van der Waals surface area contributed by atoms with Gasteiger partial charge in [-0.15, -0.1) is 0 Å². The van der Waals surface area contributed by atoms with Gasteiger partial charge < -0.3 is 38.1 Å². The predicted octanol–water partition coefficient (Wildman–Crippen LogP) is 23.0. The van der Waals surface area contributed by atoms with Crippen LogP contribution in [0.25, 0.3) is 0 Å². The van der Waals surface area contributed by atoms with Gasteiger partial charge in [-0.3, -0.25) is 14.7 Å². The highest BCUT2D eigenvalue weighted by Gasteiger charge is 2.43. The van der Waals surface area contributed by atoms with E-state index in [-0.39, 0.29) is 93.3 Å². The van der Waals surface area contributed by atoms with Crippen molar-refractivity contribution in [1.29, 1.82) is 0 Å². The molecule has 0 amide bonds. The van der Waals surface area contributed by atoms with Crippen molar-refractivity contribution in [3.63, 3.8) is 0 Å². The molecule has 105 heavy (non-hydrogen) atoms. The van der Waals surface area contributed by atoms with E-state index in [2.05, 4.69) is 322 Å². The summed E-state index contributed by atoms with van der Waals surface area (Å²) in [5, 5.41) is 0. The highest BCUT2D eigenvalue weighted by atomic mass is 31.2. The van der Waals surface area contributed by atoms with Crippen LogP contribution in [0, 0.1) is 0 Å². The Morgan fingerprint density at radius 2 is 0.324 bits per heavy atom. The van der Waals surface area contributed by atoms with Crippen LogP contribution in [0.1, 0.15) is 349 Å². The minimum Gasteiger partial charge on any atom is -0.412 e. The van der Waals surface area contributed by atoms with E-state index < -0.39 is 23.5 Å². The molecule has 7 N–H and O–H groups in total. The first-order chi connectivity index (χ1) is 45.3. The molecule has 0 spiro atoms. The van der Waals surface area contributed by atoms with Gasteiger partial charge >= 0.3 is 23.5 Å². The van der Waals surface area contributed by atoms with Crippen molar-refractivity contribution in [2.45, 2.75) is 333 Å². The van der Waals surface area contributed by atoms with Gasteiger partial charge in [-0.25, -0.2) is 13.7 Å². The maximum Gasteiger partial charge on any atom is 0.584 e. The first-order valence-electron chi connectivity index (χ1n) is 36.5. The molecule has 583 valence electrons. The zero-order valence-corrected chi connectivity index (χ0v) is 74.8. The number of benzene rings is 6. The van der Waals surface area contributed by atoms with E-state index in [1.54, 1.807) is 0 Å². The van der Waals surface area contributed by atoms with Gasteiger partial charge in [-0.1, -0.05) is 322 Å². The van der Waals surface area contributed by atoms with Crippen molar-refractivity contribution in [3.05, 3.63) is 173 Å². The van der Waals surface area contributed by atoms with Crippen LogP contribution in [-0.4, -0.2) is 43.0 Å². The Balaban J connectivity index is 0.000000329. The van der Waals surface area contributed by atoms with Crippen molar-refractivity contribution < 1.29 is 66.5 Å². The maximum absolute atomic E-state index is 13.4. The molecule has 0 bridgehead atoms. The second-order valence-corrected chi connectivity index (χ2v) is 45.5. The third-order valence-electron chi connectivity index (χ3n) is 19.4. The lowest BCUT2D eigenvalue weighted by atomic mass is 9.76. The Bertz CT molecular complexity index is 3640. The zero-order valence-electron chi connectivity index (χ0n) is 71.0. The molecule has 0 saturated heterocycles. The summed E-state index contributed by atoms with van der Waals surface area (Å²) in [6, 6.07) is 25.5. The largest absolute Gasteiger partial charge is 0.584 e. The number of rotatable bonds is 0. The van der Waals surface area contributed by atoms with E-state index in [9.17, 15) is 28.4 Å². The van der Waals surface area contributed by atoms with Crippen molar-refractivity contribution in [2.75, 3.05) is 0 Å². The van der Waals surface area contributed by atoms with Crippen molar-refractivity contribution in [1.82, 2.24) is 0 Å². The van der Waals surface area contributed by atoms with Crippen LogP contribution < -0.4 is 27.1 Å². The van der Waals surface area contributed by atoms with E-state index in [4.69, 9.17) is 27.1 Å². The second-order valence-electron chi connectivity index (χ2n) is 41.6. The smallest absolute Gasteiger partial charge is 0.412 e. The predicted molar refractivity (Wildman–Crippen MR) is 438 cm³/mol. The standard InChI is InChI=1S/3C29H43O4P.Al.2H2O/c3*1-26(2,3)20-14-18-13-19-15-21(27(4,5)6)17-23(29(10,11)12)25(19)33-34(30,31)32-24(18)22(16-20)28(7,8)9;;;/h3*14-17H,13H2,1-12H3,(H,30,31);;2*1H2. The van der Waals surface area contributed by atoms with Crippen LogP contribution in [-0.2, 0) is 97.9 Å². The monoisotopic (exact) mass is 1520 g/mol. The molecule has 18 heteroatoms. The lowest BCUT2D eigenvalue weighted by Crippen LogP contribution is -2.22. The normalized spacial score (nSPS) is 16.0. The van der Waals surface area contributed by atoms with E-state index >= 15 is 0 Å². The Morgan fingerprint density at radius 1 is 0.219 bits per heavy atom. The maximum atomic E-state index is 13.4. The molecule has 3 heterocycles. The number of hydrogen-bond donors (Lipinski definition) is 3. The van der Waals surface area contributed by atoms with Gasteiger partial charge in [0.25, 0.3) is 0 Å². The molecule has 6 aromatic rings. The summed E-state index contributed by atoms with van der Waals surface area (Å²) in [5.74, 6) is 2.81. The lowest BCUT2D eigenvalue weighted by Gasteiger charge is -2.34. The van der Waals surface area contributed by atoms with Crippen LogP contribution in [0.3, 0.4) is 0 Å². The van der Waals surface area contributed by atoms with Gasteiger partial charge in [0.05, 0.1) is 0 Å². The lowest BCUT2D eigenvalue weighted by molar-refractivity contribution is 0.279. The zero-order chi connectivity index (χ0) is 78.2. The number of fused-ring (bicyclic) bond motifs is 6. The van der Waals surface area contributed by atoms with Crippen LogP contribution >= 0.6 is 23.5 Å². The molecule has 14 nitrogen and oxygen atoms in total. The fourth-order valence-corrected chi connectivity index (χ4v) is 15.7. The van der Waals surface area contributed by atoms with Crippen molar-refractivity contribution in [2.24, 2.45) is 0 Å².